The Morgan fingerprint density at radius 3 is 2.42 bits per heavy atom. The van der Waals surface area contributed by atoms with Crippen LogP contribution in [0.25, 0.3) is 0 Å². The fourth-order valence-corrected chi connectivity index (χ4v) is 3.91. The van der Waals surface area contributed by atoms with Crippen LogP contribution in [-0.4, -0.2) is 52.2 Å². The number of hydrogen-bond acceptors (Lipinski definition) is 6. The summed E-state index contributed by atoms with van der Waals surface area (Å²) in [5.41, 5.74) is 2.75. The molecular weight excluding hydrogens is 394 g/mol. The number of quaternary nitrogens is 1. The zero-order chi connectivity index (χ0) is 21.8. The third kappa shape index (κ3) is 4.77. The molecule has 9 heteroatoms. The number of aryl methyl sites for hydroxylation is 2. The van der Waals surface area contributed by atoms with E-state index in [0.29, 0.717) is 22.9 Å². The van der Waals surface area contributed by atoms with E-state index in [4.69, 9.17) is 0 Å². The van der Waals surface area contributed by atoms with Gasteiger partial charge in [-0.15, -0.1) is 10.2 Å². The summed E-state index contributed by atoms with van der Waals surface area (Å²) in [5.74, 6) is 1.33. The zero-order valence-corrected chi connectivity index (χ0v) is 17.7. The van der Waals surface area contributed by atoms with E-state index >= 15 is 0 Å². The molecule has 0 radical (unpaired) electrons. The van der Waals surface area contributed by atoms with Crippen LogP contribution in [0.3, 0.4) is 0 Å². The Hall–Kier alpha value is -3.59. The number of hydrogen-bond donors (Lipinski definition) is 1. The third-order valence-corrected chi connectivity index (χ3v) is 5.58. The van der Waals surface area contributed by atoms with Crippen molar-refractivity contribution in [2.75, 3.05) is 31.1 Å². The van der Waals surface area contributed by atoms with Gasteiger partial charge in [-0.25, -0.2) is 4.68 Å². The molecule has 0 spiro atoms. The highest BCUT2D eigenvalue weighted by Crippen LogP contribution is 2.29. The van der Waals surface area contributed by atoms with Gasteiger partial charge in [0.05, 0.1) is 37.3 Å². The number of aromatic nitrogens is 3. The first-order chi connectivity index (χ1) is 15.0. The molecule has 2 aromatic carbocycles. The van der Waals surface area contributed by atoms with E-state index in [-0.39, 0.29) is 10.6 Å². The molecule has 0 amide bonds. The molecule has 160 valence electrons. The summed E-state index contributed by atoms with van der Waals surface area (Å²) in [6.07, 6.45) is 1.60. The number of nitrogens with zero attached hydrogens (tertiary/aromatic N) is 6. The number of rotatable bonds is 6. The molecule has 1 fully saturated rings. The van der Waals surface area contributed by atoms with Gasteiger partial charge in [0, 0.05) is 17.2 Å². The van der Waals surface area contributed by atoms with Crippen LogP contribution in [0, 0.1) is 24.0 Å². The Morgan fingerprint density at radius 1 is 1.10 bits per heavy atom. The van der Waals surface area contributed by atoms with Crippen LogP contribution in [0.1, 0.15) is 22.8 Å². The lowest BCUT2D eigenvalue weighted by atomic mass is 10.1. The van der Waals surface area contributed by atoms with Crippen molar-refractivity contribution in [3.05, 3.63) is 81.4 Å². The number of anilines is 1. The highest BCUT2D eigenvalue weighted by atomic mass is 16.6. The molecule has 31 heavy (non-hydrogen) atoms. The first kappa shape index (κ1) is 20.7. The lowest BCUT2D eigenvalue weighted by molar-refractivity contribution is -0.914. The summed E-state index contributed by atoms with van der Waals surface area (Å²) in [7, 11) is 0. The second kappa shape index (κ2) is 9.05. The maximum atomic E-state index is 11.8. The molecule has 0 saturated carbocycles. The quantitative estimate of drug-likeness (QED) is 0.371. The molecule has 1 aromatic heterocycles. The fraction of sp³-hybridized carbons (Fsp3) is 0.318. The van der Waals surface area contributed by atoms with Gasteiger partial charge in [0.25, 0.3) is 5.69 Å². The molecular formula is C22H26N7O2+. The van der Waals surface area contributed by atoms with Crippen LogP contribution >= 0.6 is 0 Å². The summed E-state index contributed by atoms with van der Waals surface area (Å²) in [4.78, 5) is 15.1. The molecule has 1 aliphatic heterocycles. The first-order valence-electron chi connectivity index (χ1n) is 10.3. The maximum absolute atomic E-state index is 11.8. The van der Waals surface area contributed by atoms with Crippen LogP contribution < -0.4 is 9.80 Å². The lowest BCUT2D eigenvalue weighted by Gasteiger charge is -2.33. The van der Waals surface area contributed by atoms with E-state index in [1.54, 1.807) is 17.0 Å². The van der Waals surface area contributed by atoms with Crippen LogP contribution in [-0.2, 0) is 6.54 Å². The van der Waals surface area contributed by atoms with E-state index < -0.39 is 0 Å². The van der Waals surface area contributed by atoms with E-state index in [0.717, 1.165) is 32.7 Å². The van der Waals surface area contributed by atoms with Gasteiger partial charge in [0.1, 0.15) is 12.2 Å². The summed E-state index contributed by atoms with van der Waals surface area (Å²) in [6.45, 7) is 8.06. The van der Waals surface area contributed by atoms with Crippen molar-refractivity contribution >= 4 is 17.6 Å². The Morgan fingerprint density at radius 2 is 1.77 bits per heavy atom. The van der Waals surface area contributed by atoms with Crippen molar-refractivity contribution in [3.63, 3.8) is 0 Å². The molecule has 4 rings (SSSR count). The predicted molar refractivity (Wildman–Crippen MR) is 119 cm³/mol. The van der Waals surface area contributed by atoms with Gasteiger partial charge in [-0.2, -0.15) is 5.10 Å². The predicted octanol–water partition coefficient (Wildman–Crippen LogP) is 1.59. The minimum atomic E-state index is -0.314. The van der Waals surface area contributed by atoms with Crippen LogP contribution in [0.15, 0.2) is 53.6 Å². The van der Waals surface area contributed by atoms with Crippen molar-refractivity contribution in [1.82, 2.24) is 14.9 Å². The van der Waals surface area contributed by atoms with E-state index in [9.17, 15) is 10.1 Å². The summed E-state index contributed by atoms with van der Waals surface area (Å²) in [5, 5.41) is 24.1. The van der Waals surface area contributed by atoms with Gasteiger partial charge in [-0.3, -0.25) is 10.1 Å². The minimum absolute atomic E-state index is 0.104. The number of piperazine rings is 1. The van der Waals surface area contributed by atoms with Gasteiger partial charge in [0.2, 0.25) is 0 Å². The Labute approximate surface area is 180 Å². The molecule has 1 N–H and O–H groups in total. The monoisotopic (exact) mass is 420 g/mol. The Bertz CT molecular complexity index is 1070. The average Bonchev–Trinajstić information content (AvgIpc) is 3.10. The molecule has 0 unspecified atom stereocenters. The standard InChI is InChI=1S/C22H25N7O2/c1-17-24-25-18(2)28(17)23-15-20-8-9-21(22(14-20)29(30)31)27-12-10-26(11-13-27)16-19-6-4-3-5-7-19/h3-9,14-15H,10-13,16H2,1-2H3/p+1/b23-15-. The molecule has 0 atom stereocenters. The van der Waals surface area contributed by atoms with E-state index in [1.165, 1.54) is 10.5 Å². The van der Waals surface area contributed by atoms with Gasteiger partial charge in [-0.1, -0.05) is 36.4 Å². The summed E-state index contributed by atoms with van der Waals surface area (Å²) >= 11 is 0. The topological polar surface area (TPSA) is 93.9 Å². The van der Waals surface area contributed by atoms with Crippen molar-refractivity contribution in [1.29, 1.82) is 0 Å². The summed E-state index contributed by atoms with van der Waals surface area (Å²) in [6, 6.07) is 15.7. The van der Waals surface area contributed by atoms with Gasteiger partial charge < -0.3 is 9.80 Å². The number of benzene rings is 2. The number of nitro benzene ring substituents is 1. The van der Waals surface area contributed by atoms with E-state index in [2.05, 4.69) is 44.5 Å². The molecule has 1 aliphatic rings. The molecule has 0 aliphatic carbocycles. The second-order valence-electron chi connectivity index (χ2n) is 7.76. The van der Waals surface area contributed by atoms with Crippen molar-refractivity contribution < 1.29 is 9.82 Å². The molecule has 1 saturated heterocycles. The fourth-order valence-electron chi connectivity index (χ4n) is 3.91. The highest BCUT2D eigenvalue weighted by Gasteiger charge is 2.26. The van der Waals surface area contributed by atoms with Gasteiger partial charge in [0.15, 0.2) is 11.6 Å². The Balaban J connectivity index is 1.47. The number of nitro groups is 1. The second-order valence-corrected chi connectivity index (χ2v) is 7.76. The maximum Gasteiger partial charge on any atom is 0.293 e. The Kier molecular flexibility index (Phi) is 6.03. The average molecular weight is 420 g/mol. The summed E-state index contributed by atoms with van der Waals surface area (Å²) < 4.78 is 1.61. The van der Waals surface area contributed by atoms with Crippen molar-refractivity contribution in [2.24, 2.45) is 5.10 Å². The van der Waals surface area contributed by atoms with Gasteiger partial charge in [-0.05, 0) is 19.9 Å². The molecule has 3 aromatic rings. The van der Waals surface area contributed by atoms with Crippen molar-refractivity contribution in [3.8, 4) is 0 Å². The SMILES string of the molecule is Cc1nnc(C)n1/N=C\c1ccc(N2CC[NH+](Cc3ccccc3)CC2)c([N+](=O)[O-])c1. The normalized spacial score (nSPS) is 15.0. The molecule has 2 heterocycles. The van der Waals surface area contributed by atoms with Crippen molar-refractivity contribution in [2.45, 2.75) is 20.4 Å². The van der Waals surface area contributed by atoms with Gasteiger partial charge >= 0.3 is 0 Å². The highest BCUT2D eigenvalue weighted by molar-refractivity contribution is 5.83. The van der Waals surface area contributed by atoms with E-state index in [1.807, 2.05) is 32.0 Å². The smallest absolute Gasteiger partial charge is 0.293 e. The molecule has 0 bridgehead atoms. The first-order valence-corrected chi connectivity index (χ1v) is 10.3. The minimum Gasteiger partial charge on any atom is -0.355 e. The largest absolute Gasteiger partial charge is 0.355 e. The third-order valence-electron chi connectivity index (χ3n) is 5.58. The zero-order valence-electron chi connectivity index (χ0n) is 17.7. The molecule has 9 nitrogen and oxygen atoms in total. The lowest BCUT2D eigenvalue weighted by Crippen LogP contribution is -3.13. The van der Waals surface area contributed by atoms with Crippen LogP contribution in [0.4, 0.5) is 11.4 Å². The number of nitrogens with one attached hydrogen (secondary N) is 1. The van der Waals surface area contributed by atoms with Crippen LogP contribution in [0.5, 0.6) is 0 Å². The van der Waals surface area contributed by atoms with Crippen LogP contribution in [0.2, 0.25) is 0 Å².